The molecule has 0 fully saturated rings. The lowest BCUT2D eigenvalue weighted by molar-refractivity contribution is 0.638. The average Bonchev–Trinajstić information content (AvgIpc) is 2.35. The molecule has 3 nitrogen and oxygen atoms in total. The maximum absolute atomic E-state index is 4.53. The molecule has 3 heteroatoms. The molecule has 2 aromatic rings. The van der Waals surface area contributed by atoms with E-state index in [2.05, 4.69) is 40.7 Å². The molecule has 1 unspecified atom stereocenters. The number of rotatable bonds is 4. The highest BCUT2D eigenvalue weighted by molar-refractivity contribution is 5.91. The van der Waals surface area contributed by atoms with Crippen LogP contribution in [0, 0.1) is 6.92 Å². The Kier molecular flexibility index (Phi) is 3.59. The molecule has 1 heterocycles. The number of hydrogen-bond acceptors (Lipinski definition) is 3. The second kappa shape index (κ2) is 5.15. The minimum atomic E-state index is 0.447. The quantitative estimate of drug-likeness (QED) is 0.846. The molecule has 1 aromatic carbocycles. The van der Waals surface area contributed by atoms with Crippen molar-refractivity contribution in [1.82, 2.24) is 10.3 Å². The molecule has 0 aliphatic heterocycles. The fourth-order valence-electron chi connectivity index (χ4n) is 1.82. The van der Waals surface area contributed by atoms with E-state index in [0.717, 1.165) is 23.4 Å². The van der Waals surface area contributed by atoms with Gasteiger partial charge >= 0.3 is 0 Å². The zero-order valence-electron chi connectivity index (χ0n) is 10.6. The molecule has 0 saturated heterocycles. The van der Waals surface area contributed by atoms with Crippen molar-refractivity contribution >= 4 is 16.6 Å². The van der Waals surface area contributed by atoms with E-state index < -0.39 is 0 Å². The lowest BCUT2D eigenvalue weighted by Crippen LogP contribution is -2.29. The van der Waals surface area contributed by atoms with Gasteiger partial charge in [-0.05, 0) is 33.0 Å². The normalized spacial score (nSPS) is 12.6. The molecule has 0 aliphatic carbocycles. The van der Waals surface area contributed by atoms with Crippen molar-refractivity contribution in [2.45, 2.75) is 19.9 Å². The first-order valence-electron chi connectivity index (χ1n) is 5.98. The van der Waals surface area contributed by atoms with Gasteiger partial charge in [-0.25, -0.2) is 0 Å². The van der Waals surface area contributed by atoms with Gasteiger partial charge in [0.15, 0.2) is 0 Å². The summed E-state index contributed by atoms with van der Waals surface area (Å²) in [6, 6.07) is 10.8. The highest BCUT2D eigenvalue weighted by atomic mass is 15.0. The van der Waals surface area contributed by atoms with Crippen molar-refractivity contribution in [3.63, 3.8) is 0 Å². The topological polar surface area (TPSA) is 37.0 Å². The summed E-state index contributed by atoms with van der Waals surface area (Å²) in [6.07, 6.45) is 0. The van der Waals surface area contributed by atoms with Gasteiger partial charge in [-0.15, -0.1) is 0 Å². The molecule has 0 amide bonds. The van der Waals surface area contributed by atoms with Crippen molar-refractivity contribution < 1.29 is 0 Å². The largest absolute Gasteiger partial charge is 0.383 e. The third-order valence-electron chi connectivity index (χ3n) is 2.94. The van der Waals surface area contributed by atoms with Crippen LogP contribution in [0.4, 0.5) is 5.69 Å². The smallest absolute Gasteiger partial charge is 0.0725 e. The average molecular weight is 229 g/mol. The van der Waals surface area contributed by atoms with E-state index in [1.807, 2.05) is 26.1 Å². The minimum absolute atomic E-state index is 0.447. The van der Waals surface area contributed by atoms with Crippen LogP contribution in [0.5, 0.6) is 0 Å². The summed E-state index contributed by atoms with van der Waals surface area (Å²) in [5.41, 5.74) is 3.26. The summed E-state index contributed by atoms with van der Waals surface area (Å²) >= 11 is 0. The van der Waals surface area contributed by atoms with Gasteiger partial charge in [-0.2, -0.15) is 0 Å². The Morgan fingerprint density at radius 2 is 2.06 bits per heavy atom. The molecule has 0 bridgehead atoms. The van der Waals surface area contributed by atoms with E-state index >= 15 is 0 Å². The molecule has 1 aromatic heterocycles. The maximum Gasteiger partial charge on any atom is 0.0725 e. The van der Waals surface area contributed by atoms with Crippen LogP contribution >= 0.6 is 0 Å². The van der Waals surface area contributed by atoms with Gasteiger partial charge in [0.1, 0.15) is 0 Å². The molecular weight excluding hydrogens is 210 g/mol. The molecule has 17 heavy (non-hydrogen) atoms. The highest BCUT2D eigenvalue weighted by Gasteiger charge is 2.04. The number of fused-ring (bicyclic) bond motifs is 1. The lowest BCUT2D eigenvalue weighted by atomic mass is 10.1. The second-order valence-corrected chi connectivity index (χ2v) is 4.40. The van der Waals surface area contributed by atoms with Crippen LogP contribution < -0.4 is 10.6 Å². The predicted molar refractivity (Wildman–Crippen MR) is 73.5 cm³/mol. The Bertz CT molecular complexity index is 508. The molecule has 2 rings (SSSR count). The summed E-state index contributed by atoms with van der Waals surface area (Å²) in [4.78, 5) is 4.53. The fourth-order valence-corrected chi connectivity index (χ4v) is 1.82. The molecule has 0 saturated carbocycles. The van der Waals surface area contributed by atoms with Gasteiger partial charge in [0.05, 0.1) is 5.52 Å². The number of anilines is 1. The van der Waals surface area contributed by atoms with E-state index in [0.29, 0.717) is 6.04 Å². The summed E-state index contributed by atoms with van der Waals surface area (Å²) < 4.78 is 0. The van der Waals surface area contributed by atoms with E-state index in [-0.39, 0.29) is 0 Å². The van der Waals surface area contributed by atoms with Gasteiger partial charge in [0, 0.05) is 29.4 Å². The first-order valence-corrected chi connectivity index (χ1v) is 5.98. The number of para-hydroxylation sites is 1. The Morgan fingerprint density at radius 3 is 2.82 bits per heavy atom. The molecule has 1 atom stereocenters. The second-order valence-electron chi connectivity index (χ2n) is 4.40. The van der Waals surface area contributed by atoms with Gasteiger partial charge in [0.25, 0.3) is 0 Å². The standard InChI is InChI=1S/C14H19N3/c1-10-8-14(16-9-11(2)15-3)12-6-4-5-7-13(12)17-10/h4-8,11,15H,9H2,1-3H3,(H,16,17). The van der Waals surface area contributed by atoms with E-state index in [1.54, 1.807) is 0 Å². The van der Waals surface area contributed by atoms with Crippen LogP contribution in [0.3, 0.4) is 0 Å². The van der Waals surface area contributed by atoms with Crippen LogP contribution in [-0.4, -0.2) is 24.6 Å². The number of likely N-dealkylation sites (N-methyl/N-ethyl adjacent to an activating group) is 1. The molecule has 2 N–H and O–H groups in total. The van der Waals surface area contributed by atoms with Crippen LogP contribution in [-0.2, 0) is 0 Å². The Labute approximate surface area is 102 Å². The van der Waals surface area contributed by atoms with Crippen molar-refractivity contribution in [3.8, 4) is 0 Å². The lowest BCUT2D eigenvalue weighted by Gasteiger charge is -2.14. The number of aryl methyl sites for hydroxylation is 1. The van der Waals surface area contributed by atoms with Crippen molar-refractivity contribution in [3.05, 3.63) is 36.0 Å². The zero-order valence-corrected chi connectivity index (χ0v) is 10.6. The number of nitrogens with one attached hydrogen (secondary N) is 2. The minimum Gasteiger partial charge on any atom is -0.383 e. The van der Waals surface area contributed by atoms with E-state index in [1.165, 1.54) is 5.39 Å². The number of hydrogen-bond donors (Lipinski definition) is 2. The summed E-state index contributed by atoms with van der Waals surface area (Å²) in [7, 11) is 1.97. The Morgan fingerprint density at radius 1 is 1.29 bits per heavy atom. The zero-order chi connectivity index (χ0) is 12.3. The van der Waals surface area contributed by atoms with Gasteiger partial charge < -0.3 is 10.6 Å². The third-order valence-corrected chi connectivity index (χ3v) is 2.94. The van der Waals surface area contributed by atoms with Gasteiger partial charge in [0.2, 0.25) is 0 Å². The van der Waals surface area contributed by atoms with Crippen LogP contribution in [0.1, 0.15) is 12.6 Å². The van der Waals surface area contributed by atoms with Crippen LogP contribution in [0.25, 0.3) is 10.9 Å². The molecular formula is C14H19N3. The van der Waals surface area contributed by atoms with Crippen LogP contribution in [0.15, 0.2) is 30.3 Å². The van der Waals surface area contributed by atoms with E-state index in [9.17, 15) is 0 Å². The number of pyridine rings is 1. The van der Waals surface area contributed by atoms with Crippen molar-refractivity contribution in [2.24, 2.45) is 0 Å². The fraction of sp³-hybridized carbons (Fsp3) is 0.357. The van der Waals surface area contributed by atoms with Crippen molar-refractivity contribution in [2.75, 3.05) is 18.9 Å². The molecule has 0 radical (unpaired) electrons. The summed E-state index contributed by atoms with van der Waals surface area (Å²) in [6.45, 7) is 5.09. The number of benzene rings is 1. The predicted octanol–water partition coefficient (Wildman–Crippen LogP) is 2.56. The highest BCUT2D eigenvalue weighted by Crippen LogP contribution is 2.22. The SMILES string of the molecule is CNC(C)CNc1cc(C)nc2ccccc12. The molecule has 90 valence electrons. The van der Waals surface area contributed by atoms with Crippen molar-refractivity contribution in [1.29, 1.82) is 0 Å². The van der Waals surface area contributed by atoms with Gasteiger partial charge in [-0.1, -0.05) is 18.2 Å². The summed E-state index contributed by atoms with van der Waals surface area (Å²) in [5.74, 6) is 0. The molecule has 0 aliphatic rings. The Hall–Kier alpha value is -1.61. The number of nitrogens with zero attached hydrogens (tertiary/aromatic N) is 1. The van der Waals surface area contributed by atoms with E-state index in [4.69, 9.17) is 0 Å². The Balaban J connectivity index is 2.32. The molecule has 0 spiro atoms. The summed E-state index contributed by atoms with van der Waals surface area (Å²) in [5, 5.41) is 7.88. The third kappa shape index (κ3) is 2.74. The first kappa shape index (κ1) is 11.9. The maximum atomic E-state index is 4.53. The van der Waals surface area contributed by atoms with Crippen LogP contribution in [0.2, 0.25) is 0 Å². The number of aromatic nitrogens is 1. The monoisotopic (exact) mass is 229 g/mol. The first-order chi connectivity index (χ1) is 8.20. The van der Waals surface area contributed by atoms with Gasteiger partial charge in [-0.3, -0.25) is 4.98 Å².